The standard InChI is InChI=1S/C25H22N2O4/c1-31-25(30)23(27-21(28)15-26-24(29)16-9-3-2-4-10-16)22-19-13-7-5-11-17(19)18-12-6-8-14-20(18)22/h2-14,22-23H,15H2,1H3,(H,26,29)(H,27,28)/t23-/m0/s1. The van der Waals surface area contributed by atoms with Gasteiger partial charge in [0.2, 0.25) is 5.91 Å². The lowest BCUT2D eigenvalue weighted by Gasteiger charge is -2.24. The zero-order valence-corrected chi connectivity index (χ0v) is 17.0. The summed E-state index contributed by atoms with van der Waals surface area (Å²) in [5.74, 6) is -1.75. The van der Waals surface area contributed by atoms with Crippen molar-refractivity contribution in [2.45, 2.75) is 12.0 Å². The number of amides is 2. The zero-order valence-electron chi connectivity index (χ0n) is 17.0. The number of methoxy groups -OCH3 is 1. The number of rotatable bonds is 6. The molecule has 0 aromatic heterocycles. The molecule has 2 amide bonds. The monoisotopic (exact) mass is 414 g/mol. The van der Waals surface area contributed by atoms with Crippen LogP contribution in [0.1, 0.15) is 27.4 Å². The predicted octanol–water partition coefficient (Wildman–Crippen LogP) is 2.89. The lowest BCUT2D eigenvalue weighted by atomic mass is 9.89. The number of esters is 1. The van der Waals surface area contributed by atoms with Crippen molar-refractivity contribution < 1.29 is 19.1 Å². The van der Waals surface area contributed by atoms with Gasteiger partial charge in [0, 0.05) is 11.5 Å². The third-order valence-electron chi connectivity index (χ3n) is 5.43. The van der Waals surface area contributed by atoms with Gasteiger partial charge >= 0.3 is 5.97 Å². The second-order valence-corrected chi connectivity index (χ2v) is 7.27. The Labute approximate surface area is 180 Å². The number of carbonyl (C=O) groups is 3. The van der Waals surface area contributed by atoms with Crippen LogP contribution in [0.4, 0.5) is 0 Å². The summed E-state index contributed by atoms with van der Waals surface area (Å²) in [6.07, 6.45) is 0. The van der Waals surface area contributed by atoms with Crippen LogP contribution in [0.2, 0.25) is 0 Å². The second kappa shape index (κ2) is 8.83. The largest absolute Gasteiger partial charge is 0.467 e. The predicted molar refractivity (Wildman–Crippen MR) is 116 cm³/mol. The molecule has 0 bridgehead atoms. The van der Waals surface area contributed by atoms with E-state index < -0.39 is 17.9 Å². The minimum absolute atomic E-state index is 0.253. The maximum Gasteiger partial charge on any atom is 0.329 e. The molecule has 6 heteroatoms. The third-order valence-corrected chi connectivity index (χ3v) is 5.43. The van der Waals surface area contributed by atoms with Crippen LogP contribution in [0.5, 0.6) is 0 Å². The fourth-order valence-electron chi connectivity index (χ4n) is 4.04. The summed E-state index contributed by atoms with van der Waals surface area (Å²) in [4.78, 5) is 37.6. The topological polar surface area (TPSA) is 84.5 Å². The molecule has 4 rings (SSSR count). The first-order valence-corrected chi connectivity index (χ1v) is 9.99. The molecule has 2 N–H and O–H groups in total. The van der Waals surface area contributed by atoms with Gasteiger partial charge in [0.25, 0.3) is 5.91 Å². The first kappa shape index (κ1) is 20.3. The summed E-state index contributed by atoms with van der Waals surface area (Å²) in [5, 5.41) is 5.36. The Kier molecular flexibility index (Phi) is 5.80. The van der Waals surface area contributed by atoms with Gasteiger partial charge in [-0.2, -0.15) is 0 Å². The highest BCUT2D eigenvalue weighted by Crippen LogP contribution is 2.46. The molecule has 0 fully saturated rings. The third kappa shape index (κ3) is 4.05. The van der Waals surface area contributed by atoms with E-state index in [0.29, 0.717) is 5.56 Å². The number of carbonyl (C=O) groups excluding carboxylic acids is 3. The summed E-state index contributed by atoms with van der Waals surface area (Å²) < 4.78 is 5.01. The Bertz CT molecular complexity index is 1080. The van der Waals surface area contributed by atoms with Crippen molar-refractivity contribution in [3.63, 3.8) is 0 Å². The van der Waals surface area contributed by atoms with Gasteiger partial charge in [0.15, 0.2) is 0 Å². The smallest absolute Gasteiger partial charge is 0.329 e. The summed E-state index contributed by atoms with van der Waals surface area (Å²) >= 11 is 0. The van der Waals surface area contributed by atoms with Crippen molar-refractivity contribution in [3.8, 4) is 11.1 Å². The van der Waals surface area contributed by atoms with Crippen LogP contribution in [0, 0.1) is 0 Å². The SMILES string of the molecule is COC(=O)[C@@H](NC(=O)CNC(=O)c1ccccc1)C1c2ccccc2-c2ccccc21. The van der Waals surface area contributed by atoms with E-state index in [1.165, 1.54) is 7.11 Å². The molecule has 3 aromatic rings. The summed E-state index contributed by atoms with van der Waals surface area (Å²) in [6.45, 7) is -0.253. The van der Waals surface area contributed by atoms with E-state index in [0.717, 1.165) is 22.3 Å². The quantitative estimate of drug-likeness (QED) is 0.608. The van der Waals surface area contributed by atoms with E-state index in [1.807, 2.05) is 54.6 Å². The maximum absolute atomic E-state index is 12.7. The van der Waals surface area contributed by atoms with Gasteiger partial charge < -0.3 is 15.4 Å². The molecular weight excluding hydrogens is 392 g/mol. The van der Waals surface area contributed by atoms with Gasteiger partial charge in [-0.3, -0.25) is 9.59 Å². The van der Waals surface area contributed by atoms with Crippen molar-refractivity contribution >= 4 is 17.8 Å². The van der Waals surface area contributed by atoms with E-state index in [1.54, 1.807) is 24.3 Å². The first-order chi connectivity index (χ1) is 15.1. The zero-order chi connectivity index (χ0) is 21.8. The molecule has 1 atom stereocenters. The molecule has 31 heavy (non-hydrogen) atoms. The molecule has 0 unspecified atom stereocenters. The maximum atomic E-state index is 12.7. The fourth-order valence-corrected chi connectivity index (χ4v) is 4.04. The number of ether oxygens (including phenoxy) is 1. The molecule has 0 heterocycles. The average Bonchev–Trinajstić information content (AvgIpc) is 3.15. The van der Waals surface area contributed by atoms with E-state index >= 15 is 0 Å². The van der Waals surface area contributed by atoms with Crippen LogP contribution in [-0.4, -0.2) is 37.5 Å². The fraction of sp³-hybridized carbons (Fsp3) is 0.160. The van der Waals surface area contributed by atoms with Crippen molar-refractivity contribution in [3.05, 3.63) is 95.6 Å². The normalized spacial score (nSPS) is 12.9. The van der Waals surface area contributed by atoms with Crippen molar-refractivity contribution in [2.24, 2.45) is 0 Å². The molecule has 0 saturated heterocycles. The Hall–Kier alpha value is -3.93. The lowest BCUT2D eigenvalue weighted by molar-refractivity contribution is -0.145. The number of hydrogen-bond acceptors (Lipinski definition) is 4. The Balaban J connectivity index is 1.55. The molecule has 1 aliphatic carbocycles. The van der Waals surface area contributed by atoms with Crippen LogP contribution < -0.4 is 10.6 Å². The minimum Gasteiger partial charge on any atom is -0.467 e. The van der Waals surface area contributed by atoms with Crippen LogP contribution in [0.3, 0.4) is 0 Å². The van der Waals surface area contributed by atoms with Crippen molar-refractivity contribution in [1.82, 2.24) is 10.6 Å². The number of nitrogens with one attached hydrogen (secondary N) is 2. The molecule has 0 spiro atoms. The summed E-state index contributed by atoms with van der Waals surface area (Å²) in [7, 11) is 1.30. The highest BCUT2D eigenvalue weighted by Gasteiger charge is 2.39. The molecule has 6 nitrogen and oxygen atoms in total. The highest BCUT2D eigenvalue weighted by atomic mass is 16.5. The number of hydrogen-bond donors (Lipinski definition) is 2. The first-order valence-electron chi connectivity index (χ1n) is 9.99. The summed E-state index contributed by atoms with van der Waals surface area (Å²) in [5.41, 5.74) is 4.42. The number of benzene rings is 3. The minimum atomic E-state index is -0.920. The van der Waals surface area contributed by atoms with Gasteiger partial charge in [0.05, 0.1) is 13.7 Å². The van der Waals surface area contributed by atoms with E-state index in [2.05, 4.69) is 10.6 Å². The van der Waals surface area contributed by atoms with Gasteiger partial charge in [-0.15, -0.1) is 0 Å². The Morgan fingerprint density at radius 3 is 1.97 bits per heavy atom. The Morgan fingerprint density at radius 1 is 0.839 bits per heavy atom. The molecular formula is C25H22N2O4. The van der Waals surface area contributed by atoms with Crippen LogP contribution in [-0.2, 0) is 14.3 Å². The Morgan fingerprint density at radius 2 is 1.39 bits per heavy atom. The second-order valence-electron chi connectivity index (χ2n) is 7.27. The van der Waals surface area contributed by atoms with E-state index in [-0.39, 0.29) is 18.4 Å². The highest BCUT2D eigenvalue weighted by molar-refractivity contribution is 5.97. The molecule has 0 radical (unpaired) electrons. The van der Waals surface area contributed by atoms with Crippen molar-refractivity contribution in [2.75, 3.05) is 13.7 Å². The van der Waals surface area contributed by atoms with Crippen LogP contribution >= 0.6 is 0 Å². The lowest BCUT2D eigenvalue weighted by Crippen LogP contribution is -2.48. The molecule has 0 saturated carbocycles. The van der Waals surface area contributed by atoms with Gasteiger partial charge in [-0.1, -0.05) is 66.7 Å². The van der Waals surface area contributed by atoms with E-state index in [4.69, 9.17) is 4.74 Å². The van der Waals surface area contributed by atoms with Crippen LogP contribution in [0.25, 0.3) is 11.1 Å². The molecule has 1 aliphatic rings. The number of fused-ring (bicyclic) bond motifs is 3. The van der Waals surface area contributed by atoms with Crippen molar-refractivity contribution in [1.29, 1.82) is 0 Å². The van der Waals surface area contributed by atoms with Gasteiger partial charge in [-0.05, 0) is 34.4 Å². The molecule has 156 valence electrons. The molecule has 3 aromatic carbocycles. The van der Waals surface area contributed by atoms with Gasteiger partial charge in [0.1, 0.15) is 6.04 Å². The summed E-state index contributed by atoms with van der Waals surface area (Å²) in [6, 6.07) is 23.3. The van der Waals surface area contributed by atoms with Gasteiger partial charge in [-0.25, -0.2) is 4.79 Å². The molecule has 0 aliphatic heterocycles. The van der Waals surface area contributed by atoms with Crippen LogP contribution in [0.15, 0.2) is 78.9 Å². The average molecular weight is 414 g/mol. The van der Waals surface area contributed by atoms with E-state index in [9.17, 15) is 14.4 Å².